The number of quaternary nitrogens is 1. The Bertz CT molecular complexity index is 1950. The molecule has 0 aromatic carbocycles. The van der Waals surface area contributed by atoms with Crippen LogP contribution in [-0.2, 0) is 32.7 Å². The minimum atomic E-state index is -4.41. The number of allylic oxidation sites excluding steroid dienone is 28. The van der Waals surface area contributed by atoms with Crippen molar-refractivity contribution in [2.24, 2.45) is 0 Å². The highest BCUT2D eigenvalue weighted by Gasteiger charge is 2.27. The van der Waals surface area contributed by atoms with Crippen LogP contribution < -0.4 is 0 Å². The lowest BCUT2D eigenvalue weighted by molar-refractivity contribution is -0.870. The second kappa shape index (κ2) is 59.0. The van der Waals surface area contributed by atoms with Gasteiger partial charge in [0.25, 0.3) is 0 Å². The van der Waals surface area contributed by atoms with Gasteiger partial charge in [-0.2, -0.15) is 0 Å². The fourth-order valence-electron chi connectivity index (χ4n) is 7.56. The maximum atomic E-state index is 12.8. The maximum absolute atomic E-state index is 12.8. The molecule has 9 nitrogen and oxygen atoms in total. The van der Waals surface area contributed by atoms with Crippen molar-refractivity contribution < 1.29 is 42.1 Å². The van der Waals surface area contributed by atoms with E-state index < -0.39 is 32.5 Å². The topological polar surface area (TPSA) is 108 Å². The lowest BCUT2D eigenvalue weighted by Gasteiger charge is -2.24. The van der Waals surface area contributed by atoms with Crippen molar-refractivity contribution in [1.29, 1.82) is 0 Å². The summed E-state index contributed by atoms with van der Waals surface area (Å²) in [4.78, 5) is 35.7. The van der Waals surface area contributed by atoms with Crippen LogP contribution in [0.15, 0.2) is 170 Å². The van der Waals surface area contributed by atoms with Crippen molar-refractivity contribution in [1.82, 2.24) is 0 Å². The third kappa shape index (κ3) is 62.6. The number of nitrogens with zero attached hydrogens (tertiary/aromatic N) is 1. The number of rotatable bonds is 54. The van der Waals surface area contributed by atoms with E-state index in [4.69, 9.17) is 18.5 Å². The summed E-state index contributed by atoms with van der Waals surface area (Å²) in [6.07, 6.45) is 90.0. The quantitative estimate of drug-likeness (QED) is 0.0211. The molecule has 0 fully saturated rings. The lowest BCUT2D eigenvalue weighted by Crippen LogP contribution is -2.37. The van der Waals surface area contributed by atoms with Crippen molar-refractivity contribution >= 4 is 19.8 Å². The van der Waals surface area contributed by atoms with Crippen molar-refractivity contribution in [3.8, 4) is 0 Å². The van der Waals surface area contributed by atoms with Gasteiger partial charge in [-0.25, -0.2) is 4.57 Å². The summed E-state index contributed by atoms with van der Waals surface area (Å²) < 4.78 is 34.5. The van der Waals surface area contributed by atoms with Crippen LogP contribution >= 0.6 is 7.82 Å². The number of unbranched alkanes of at least 4 members (excludes halogenated alkanes) is 12. The third-order valence-corrected chi connectivity index (χ3v) is 13.2. The number of hydrogen-bond acceptors (Lipinski definition) is 7. The van der Waals surface area contributed by atoms with Crippen LogP contribution in [0.4, 0.5) is 0 Å². The van der Waals surface area contributed by atoms with E-state index in [1.54, 1.807) is 0 Å². The zero-order valence-corrected chi connectivity index (χ0v) is 51.9. The second-order valence-electron chi connectivity index (χ2n) is 21.0. The Labute approximate surface area is 489 Å². The molecule has 0 bridgehead atoms. The van der Waals surface area contributed by atoms with Gasteiger partial charge in [0.15, 0.2) is 6.10 Å². The van der Waals surface area contributed by atoms with E-state index in [1.165, 1.54) is 32.1 Å². The summed E-state index contributed by atoms with van der Waals surface area (Å²) in [6, 6.07) is 0. The zero-order valence-electron chi connectivity index (χ0n) is 51.0. The Morgan fingerprint density at radius 1 is 0.388 bits per heavy atom. The molecule has 1 N–H and O–H groups in total. The maximum Gasteiger partial charge on any atom is 0.472 e. The minimum Gasteiger partial charge on any atom is -0.462 e. The zero-order chi connectivity index (χ0) is 58.4. The average Bonchev–Trinajstić information content (AvgIpc) is 3.42. The first-order valence-electron chi connectivity index (χ1n) is 30.9. The standard InChI is InChI=1S/C70H112NO8P/c1-6-8-10-12-14-16-18-20-22-24-26-27-28-29-30-31-32-33-34-35-36-37-38-39-40-41-42-43-45-47-49-51-53-55-57-59-61-63-70(73)79-68(67-78-80(74,75)77-65-64-71(3,4)5)66-76-69(72)62-60-58-56-54-52-50-48-46-44-25-23-21-19-17-15-13-11-9-7-2/h8-11,14-17,20-23,26-27,29-30,32-33,35-36,38-39,41-42,44,46,50,52,68H,6-7,12-13,18-19,24-25,28,31,34,37,40,43,45,47-49,51,53-67H2,1-5H3/p+1/b10-8-,11-9-,16-14-,17-15-,22-20-,23-21-,27-26-,30-29-,33-32-,36-35-,39-38-,42-41-,46-44-,52-50-. The number of esters is 2. The smallest absolute Gasteiger partial charge is 0.462 e. The molecule has 10 heteroatoms. The van der Waals surface area contributed by atoms with E-state index in [1.807, 2.05) is 21.1 Å². The fourth-order valence-corrected chi connectivity index (χ4v) is 8.30. The molecule has 0 saturated heterocycles. The molecule has 2 atom stereocenters. The molecular weight excluding hydrogens is 1010 g/mol. The van der Waals surface area contributed by atoms with Crippen LogP contribution in [0.25, 0.3) is 0 Å². The highest BCUT2D eigenvalue weighted by atomic mass is 31.2. The number of phosphoric acid groups is 1. The lowest BCUT2D eigenvalue weighted by atomic mass is 10.1. The van der Waals surface area contributed by atoms with Gasteiger partial charge in [-0.1, -0.05) is 235 Å². The summed E-state index contributed by atoms with van der Waals surface area (Å²) in [5.41, 5.74) is 0. The van der Waals surface area contributed by atoms with Crippen molar-refractivity contribution in [3.05, 3.63) is 170 Å². The predicted molar refractivity (Wildman–Crippen MR) is 343 cm³/mol. The Kier molecular flexibility index (Phi) is 55.6. The van der Waals surface area contributed by atoms with E-state index in [9.17, 15) is 19.0 Å². The molecule has 0 aliphatic carbocycles. The highest BCUT2D eigenvalue weighted by Crippen LogP contribution is 2.43. The van der Waals surface area contributed by atoms with E-state index in [2.05, 4.69) is 184 Å². The van der Waals surface area contributed by atoms with Crippen molar-refractivity contribution in [3.63, 3.8) is 0 Å². The van der Waals surface area contributed by atoms with Gasteiger partial charge in [0.05, 0.1) is 27.7 Å². The molecule has 0 spiro atoms. The summed E-state index contributed by atoms with van der Waals surface area (Å²) >= 11 is 0. The van der Waals surface area contributed by atoms with Gasteiger partial charge in [0, 0.05) is 12.8 Å². The summed E-state index contributed by atoms with van der Waals surface area (Å²) in [5, 5.41) is 0. The minimum absolute atomic E-state index is 0.0151. The number of ether oxygens (including phenoxy) is 2. The molecule has 0 rings (SSSR count). The largest absolute Gasteiger partial charge is 0.472 e. The molecule has 0 amide bonds. The molecule has 2 unspecified atom stereocenters. The SMILES string of the molecule is CC/C=C\C/C=C\C/C=C\C/C=C\C/C=C\C/C=C\C/C=C\C/C=C\C/C=C\CCCCCCCCCCCC(=O)OC(COC(=O)CCCCC/C=C\C/C=C\C/C=C\C/C=C\C/C=C\CC)COP(=O)(O)OCC[N+](C)(C)C. The average molecular weight is 1130 g/mol. The molecule has 0 aliphatic heterocycles. The van der Waals surface area contributed by atoms with Crippen LogP contribution in [0.3, 0.4) is 0 Å². The highest BCUT2D eigenvalue weighted by molar-refractivity contribution is 7.47. The number of likely N-dealkylation sites (N-methyl/N-ethyl adjacent to an activating group) is 1. The Morgan fingerprint density at radius 2 is 0.675 bits per heavy atom. The molecule has 450 valence electrons. The Balaban J connectivity index is 4.20. The molecular formula is C70H113NO8P+. The van der Waals surface area contributed by atoms with Gasteiger partial charge in [0.2, 0.25) is 0 Å². The third-order valence-electron chi connectivity index (χ3n) is 12.2. The monoisotopic (exact) mass is 1130 g/mol. The first-order valence-corrected chi connectivity index (χ1v) is 32.4. The normalized spacial score (nSPS) is 14.4. The van der Waals surface area contributed by atoms with Crippen LogP contribution in [0.5, 0.6) is 0 Å². The van der Waals surface area contributed by atoms with Crippen LogP contribution in [-0.4, -0.2) is 74.9 Å². The van der Waals surface area contributed by atoms with Crippen LogP contribution in [0, 0.1) is 0 Å². The van der Waals surface area contributed by atoms with E-state index in [0.29, 0.717) is 23.9 Å². The number of carbonyl (C=O) groups is 2. The summed E-state index contributed by atoms with van der Waals surface area (Å²) in [5.74, 6) is -0.856. The van der Waals surface area contributed by atoms with Gasteiger partial charge in [-0.15, -0.1) is 0 Å². The predicted octanol–water partition coefficient (Wildman–Crippen LogP) is 19.8. The molecule has 0 aliphatic rings. The van der Waals surface area contributed by atoms with Crippen LogP contribution in [0.1, 0.15) is 206 Å². The molecule has 0 aromatic rings. The van der Waals surface area contributed by atoms with E-state index >= 15 is 0 Å². The second-order valence-corrected chi connectivity index (χ2v) is 22.4. The van der Waals surface area contributed by atoms with Crippen molar-refractivity contribution in [2.45, 2.75) is 213 Å². The van der Waals surface area contributed by atoms with E-state index in [-0.39, 0.29) is 26.1 Å². The van der Waals surface area contributed by atoms with Gasteiger partial charge >= 0.3 is 19.8 Å². The molecule has 0 aromatic heterocycles. The molecule has 0 saturated carbocycles. The van der Waals surface area contributed by atoms with Crippen LogP contribution in [0.2, 0.25) is 0 Å². The summed E-state index contributed by atoms with van der Waals surface area (Å²) in [6.45, 7) is 4.13. The first kappa shape index (κ1) is 75.4. The first-order chi connectivity index (χ1) is 39.0. The Morgan fingerprint density at radius 3 is 1.01 bits per heavy atom. The molecule has 0 heterocycles. The Hall–Kier alpha value is -4.63. The number of phosphoric ester groups is 1. The fraction of sp³-hybridized carbons (Fsp3) is 0.571. The molecule has 0 radical (unpaired) electrons. The number of hydrogen-bond donors (Lipinski definition) is 1. The van der Waals surface area contributed by atoms with E-state index in [0.717, 1.165) is 135 Å². The summed E-state index contributed by atoms with van der Waals surface area (Å²) in [7, 11) is 1.43. The van der Waals surface area contributed by atoms with Gasteiger partial charge in [-0.05, 0) is 128 Å². The van der Waals surface area contributed by atoms with Gasteiger partial charge < -0.3 is 18.9 Å². The van der Waals surface area contributed by atoms with Crippen molar-refractivity contribution in [2.75, 3.05) is 47.5 Å². The number of carbonyl (C=O) groups excluding carboxylic acids is 2. The van der Waals surface area contributed by atoms with Gasteiger partial charge in [0.1, 0.15) is 19.8 Å². The molecule has 80 heavy (non-hydrogen) atoms. The van der Waals surface area contributed by atoms with Gasteiger partial charge in [-0.3, -0.25) is 18.6 Å².